The van der Waals surface area contributed by atoms with Crippen molar-refractivity contribution in [2.24, 2.45) is 0 Å². The molecule has 0 aliphatic carbocycles. The molecule has 0 bridgehead atoms. The monoisotopic (exact) mass is 403 g/mol. The van der Waals surface area contributed by atoms with Crippen molar-refractivity contribution < 1.29 is 22.0 Å². The molecule has 0 saturated carbocycles. The molecular formula is C19H18FN3O4S. The minimum absolute atomic E-state index is 0.0325. The molecule has 0 unspecified atom stereocenters. The molecule has 3 rings (SSSR count). The van der Waals surface area contributed by atoms with Crippen molar-refractivity contribution in [2.75, 3.05) is 0 Å². The summed E-state index contributed by atoms with van der Waals surface area (Å²) < 4.78 is 42.8. The van der Waals surface area contributed by atoms with Crippen LogP contribution in [-0.2, 0) is 22.1 Å². The van der Waals surface area contributed by atoms with Crippen LogP contribution in [-0.4, -0.2) is 24.5 Å². The Kier molecular flexibility index (Phi) is 5.55. The predicted molar refractivity (Wildman–Crippen MR) is 98.7 cm³/mol. The van der Waals surface area contributed by atoms with Gasteiger partial charge in [-0.2, -0.15) is 0 Å². The molecule has 1 N–H and O–H groups in total. The summed E-state index contributed by atoms with van der Waals surface area (Å²) >= 11 is 0. The maximum atomic E-state index is 12.9. The summed E-state index contributed by atoms with van der Waals surface area (Å²) in [5, 5.41) is 9.28. The number of carbonyl (C=O) groups is 1. The average molecular weight is 403 g/mol. The van der Waals surface area contributed by atoms with Crippen LogP contribution in [0.15, 0.2) is 52.1 Å². The third kappa shape index (κ3) is 4.61. The van der Waals surface area contributed by atoms with Crippen LogP contribution in [0.25, 0.3) is 0 Å². The lowest BCUT2D eigenvalue weighted by atomic mass is 10.1. The summed E-state index contributed by atoms with van der Waals surface area (Å²) in [7, 11) is -3.88. The van der Waals surface area contributed by atoms with Crippen LogP contribution in [0.1, 0.15) is 32.9 Å². The van der Waals surface area contributed by atoms with E-state index in [0.29, 0.717) is 11.1 Å². The topological polar surface area (TPSA) is 102 Å². The number of rotatable bonds is 6. The van der Waals surface area contributed by atoms with Crippen LogP contribution < -0.4 is 5.32 Å². The van der Waals surface area contributed by atoms with E-state index < -0.39 is 26.6 Å². The lowest BCUT2D eigenvalue weighted by Gasteiger charge is -2.05. The number of hydrogen-bond acceptors (Lipinski definition) is 6. The molecule has 0 radical (unpaired) electrons. The first-order valence-corrected chi connectivity index (χ1v) is 10.0. The van der Waals surface area contributed by atoms with Crippen LogP contribution in [0.4, 0.5) is 4.39 Å². The van der Waals surface area contributed by atoms with Gasteiger partial charge in [-0.3, -0.25) is 4.79 Å². The number of nitrogens with zero attached hydrogens (tertiary/aromatic N) is 2. The summed E-state index contributed by atoms with van der Waals surface area (Å²) in [5.74, 6) is -1.23. The molecule has 0 spiro atoms. The normalized spacial score (nSPS) is 11.4. The van der Waals surface area contributed by atoms with E-state index in [1.165, 1.54) is 24.3 Å². The maximum Gasteiger partial charge on any atom is 0.335 e. The van der Waals surface area contributed by atoms with Crippen molar-refractivity contribution in [3.05, 3.63) is 76.4 Å². The quantitative estimate of drug-likeness (QED) is 0.679. The molecule has 0 aliphatic heterocycles. The van der Waals surface area contributed by atoms with Crippen molar-refractivity contribution in [1.29, 1.82) is 0 Å². The zero-order valence-electron chi connectivity index (χ0n) is 15.3. The van der Waals surface area contributed by atoms with Gasteiger partial charge in [0.15, 0.2) is 0 Å². The Labute approximate surface area is 161 Å². The minimum Gasteiger partial charge on any atom is -0.411 e. The highest BCUT2D eigenvalue weighted by molar-refractivity contribution is 7.90. The van der Waals surface area contributed by atoms with Crippen molar-refractivity contribution in [2.45, 2.75) is 31.4 Å². The van der Waals surface area contributed by atoms with E-state index in [0.717, 1.165) is 11.1 Å². The van der Waals surface area contributed by atoms with Gasteiger partial charge in [-0.15, -0.1) is 5.10 Å². The predicted octanol–water partition coefficient (Wildman–Crippen LogP) is 2.73. The zero-order valence-corrected chi connectivity index (χ0v) is 16.1. The number of amides is 1. The van der Waals surface area contributed by atoms with Gasteiger partial charge in [0, 0.05) is 5.56 Å². The van der Waals surface area contributed by atoms with Gasteiger partial charge in [0.1, 0.15) is 5.82 Å². The highest BCUT2D eigenvalue weighted by Gasteiger charge is 2.23. The zero-order chi connectivity index (χ0) is 20.3. The van der Waals surface area contributed by atoms with E-state index in [1.807, 2.05) is 19.9 Å². The Balaban J connectivity index is 1.65. The third-order valence-electron chi connectivity index (χ3n) is 4.15. The minimum atomic E-state index is -3.88. The van der Waals surface area contributed by atoms with E-state index >= 15 is 0 Å². The number of halogens is 1. The molecule has 0 fully saturated rings. The molecule has 0 aliphatic rings. The molecule has 3 aromatic rings. The number of benzene rings is 2. The van der Waals surface area contributed by atoms with E-state index in [2.05, 4.69) is 15.5 Å². The van der Waals surface area contributed by atoms with Crippen LogP contribution in [0.5, 0.6) is 0 Å². The Bertz CT molecular complexity index is 1110. The second kappa shape index (κ2) is 7.89. The first kappa shape index (κ1) is 19.7. The van der Waals surface area contributed by atoms with Crippen molar-refractivity contribution in [3.63, 3.8) is 0 Å². The van der Waals surface area contributed by atoms with Crippen LogP contribution in [0.2, 0.25) is 0 Å². The second-order valence-corrected chi connectivity index (χ2v) is 8.20. The molecular weight excluding hydrogens is 385 g/mol. The second-order valence-electron chi connectivity index (χ2n) is 6.33. The number of sulfone groups is 1. The molecule has 1 aromatic heterocycles. The van der Waals surface area contributed by atoms with Gasteiger partial charge in [-0.05, 0) is 54.8 Å². The summed E-state index contributed by atoms with van der Waals surface area (Å²) in [4.78, 5) is 12.2. The standard InChI is InChI=1S/C19H18FN3O4S/c1-12-3-6-15(9-13(12)2)18(24)21-10-17-22-23-19(27-17)28(25,26)11-14-4-7-16(20)8-5-14/h3-9H,10-11H2,1-2H3,(H,21,24). The maximum absolute atomic E-state index is 12.9. The van der Waals surface area contributed by atoms with Gasteiger partial charge < -0.3 is 9.73 Å². The van der Waals surface area contributed by atoms with Gasteiger partial charge in [0.2, 0.25) is 15.7 Å². The van der Waals surface area contributed by atoms with Crippen LogP contribution >= 0.6 is 0 Å². The number of hydrogen-bond donors (Lipinski definition) is 1. The van der Waals surface area contributed by atoms with E-state index in [4.69, 9.17) is 4.42 Å². The SMILES string of the molecule is Cc1ccc(C(=O)NCc2nnc(S(=O)(=O)Cc3ccc(F)cc3)o2)cc1C. The van der Waals surface area contributed by atoms with Gasteiger partial charge >= 0.3 is 5.22 Å². The Morgan fingerprint density at radius 2 is 1.79 bits per heavy atom. The smallest absolute Gasteiger partial charge is 0.335 e. The van der Waals surface area contributed by atoms with Gasteiger partial charge in [0.05, 0.1) is 12.3 Å². The fourth-order valence-electron chi connectivity index (χ4n) is 2.44. The van der Waals surface area contributed by atoms with E-state index in [9.17, 15) is 17.6 Å². The fourth-order valence-corrected chi connectivity index (χ4v) is 3.58. The molecule has 28 heavy (non-hydrogen) atoms. The number of aryl methyl sites for hydroxylation is 2. The molecule has 0 saturated heterocycles. The number of nitrogens with one attached hydrogen (secondary N) is 1. The number of aromatic nitrogens is 2. The Morgan fingerprint density at radius 3 is 2.46 bits per heavy atom. The third-order valence-corrected chi connectivity index (χ3v) is 5.56. The first-order chi connectivity index (χ1) is 13.2. The van der Waals surface area contributed by atoms with Gasteiger partial charge in [-0.25, -0.2) is 12.8 Å². The van der Waals surface area contributed by atoms with E-state index in [1.54, 1.807) is 12.1 Å². The largest absolute Gasteiger partial charge is 0.411 e. The fraction of sp³-hybridized carbons (Fsp3) is 0.211. The van der Waals surface area contributed by atoms with Crippen LogP contribution in [0, 0.1) is 19.7 Å². The van der Waals surface area contributed by atoms with Gasteiger partial charge in [0.25, 0.3) is 5.91 Å². The van der Waals surface area contributed by atoms with Gasteiger partial charge in [-0.1, -0.05) is 23.3 Å². The highest BCUT2D eigenvalue weighted by atomic mass is 32.2. The van der Waals surface area contributed by atoms with Crippen molar-refractivity contribution >= 4 is 15.7 Å². The lowest BCUT2D eigenvalue weighted by Crippen LogP contribution is -2.23. The van der Waals surface area contributed by atoms with E-state index in [-0.39, 0.29) is 18.3 Å². The summed E-state index contributed by atoms with van der Waals surface area (Å²) in [6.07, 6.45) is 0. The molecule has 2 aromatic carbocycles. The Morgan fingerprint density at radius 1 is 1.07 bits per heavy atom. The van der Waals surface area contributed by atoms with Crippen molar-refractivity contribution in [3.8, 4) is 0 Å². The lowest BCUT2D eigenvalue weighted by molar-refractivity contribution is 0.0946. The number of carbonyl (C=O) groups excluding carboxylic acids is 1. The summed E-state index contributed by atoms with van der Waals surface area (Å²) in [6.45, 7) is 3.75. The average Bonchev–Trinajstić information content (AvgIpc) is 3.14. The first-order valence-electron chi connectivity index (χ1n) is 8.39. The molecule has 7 nitrogen and oxygen atoms in total. The molecule has 146 valence electrons. The molecule has 9 heteroatoms. The summed E-state index contributed by atoms with van der Waals surface area (Å²) in [5.41, 5.74) is 2.93. The Hall–Kier alpha value is -3.07. The molecule has 1 amide bonds. The molecule has 1 heterocycles. The highest BCUT2D eigenvalue weighted by Crippen LogP contribution is 2.16. The van der Waals surface area contributed by atoms with Crippen molar-refractivity contribution in [1.82, 2.24) is 15.5 Å². The van der Waals surface area contributed by atoms with Crippen LogP contribution in [0.3, 0.4) is 0 Å². The summed E-state index contributed by atoms with van der Waals surface area (Å²) in [6, 6.07) is 10.4. The molecule has 0 atom stereocenters.